The van der Waals surface area contributed by atoms with E-state index in [1.54, 1.807) is 29.9 Å². The van der Waals surface area contributed by atoms with E-state index in [9.17, 15) is 9.59 Å². The van der Waals surface area contributed by atoms with Crippen molar-refractivity contribution in [2.45, 2.75) is 32.7 Å². The zero-order valence-electron chi connectivity index (χ0n) is 16.8. The minimum atomic E-state index is -0.387. The lowest BCUT2D eigenvalue weighted by Gasteiger charge is -2.21. The molecule has 0 saturated carbocycles. The highest BCUT2D eigenvalue weighted by molar-refractivity contribution is 5.88. The van der Waals surface area contributed by atoms with Crippen LogP contribution in [0.1, 0.15) is 44.1 Å². The highest BCUT2D eigenvalue weighted by Gasteiger charge is 2.23. The molecule has 0 aliphatic carbocycles. The van der Waals surface area contributed by atoms with Gasteiger partial charge in [-0.3, -0.25) is 14.2 Å². The molecule has 4 rings (SSSR count). The first-order chi connectivity index (χ1) is 13.9. The molecule has 0 fully saturated rings. The van der Waals surface area contributed by atoms with Crippen LogP contribution in [0.4, 0.5) is 0 Å². The zero-order valence-corrected chi connectivity index (χ0v) is 16.8. The number of benzene rings is 2. The van der Waals surface area contributed by atoms with Gasteiger partial charge in [0.2, 0.25) is 11.1 Å². The molecule has 0 amide bonds. The number of rotatable bonds is 4. The molecule has 1 atom stereocenters. The lowest BCUT2D eigenvalue weighted by molar-refractivity contribution is 0.414. The Kier molecular flexibility index (Phi) is 4.70. The third-order valence-electron chi connectivity index (χ3n) is 5.16. The summed E-state index contributed by atoms with van der Waals surface area (Å²) in [6, 6.07) is 14.3. The third-order valence-corrected chi connectivity index (χ3v) is 5.16. The Morgan fingerprint density at radius 3 is 2.41 bits per heavy atom. The molecule has 6 nitrogen and oxygen atoms in total. The van der Waals surface area contributed by atoms with Crippen molar-refractivity contribution in [3.8, 4) is 5.75 Å². The molecule has 148 valence electrons. The number of aromatic nitrogens is 2. The van der Waals surface area contributed by atoms with Crippen molar-refractivity contribution in [2.75, 3.05) is 7.11 Å². The van der Waals surface area contributed by atoms with Crippen molar-refractivity contribution in [3.05, 3.63) is 80.5 Å². The van der Waals surface area contributed by atoms with Crippen LogP contribution in [0.25, 0.3) is 22.1 Å². The Bertz CT molecular complexity index is 1320. The Morgan fingerprint density at radius 1 is 1.03 bits per heavy atom. The molecule has 6 heteroatoms. The van der Waals surface area contributed by atoms with Gasteiger partial charge < -0.3 is 9.15 Å². The Labute approximate surface area is 167 Å². The van der Waals surface area contributed by atoms with E-state index >= 15 is 0 Å². The van der Waals surface area contributed by atoms with E-state index in [2.05, 4.69) is 4.98 Å². The van der Waals surface area contributed by atoms with Crippen molar-refractivity contribution < 1.29 is 9.15 Å². The van der Waals surface area contributed by atoms with E-state index in [1.165, 1.54) is 0 Å². The smallest absolute Gasteiger partial charge is 0.269 e. The summed E-state index contributed by atoms with van der Waals surface area (Å²) >= 11 is 0. The van der Waals surface area contributed by atoms with Gasteiger partial charge in [-0.25, -0.2) is 0 Å². The van der Waals surface area contributed by atoms with Gasteiger partial charge in [0, 0.05) is 12.0 Å². The van der Waals surface area contributed by atoms with Gasteiger partial charge in [-0.2, -0.15) is 4.98 Å². The average Bonchev–Trinajstić information content (AvgIpc) is 2.73. The minimum Gasteiger partial charge on any atom is -0.497 e. The summed E-state index contributed by atoms with van der Waals surface area (Å²) in [4.78, 5) is 31.2. The topological polar surface area (TPSA) is 74.3 Å². The molecule has 0 saturated heterocycles. The van der Waals surface area contributed by atoms with Crippen LogP contribution in [-0.2, 0) is 0 Å². The van der Waals surface area contributed by atoms with Crippen molar-refractivity contribution in [3.63, 3.8) is 0 Å². The van der Waals surface area contributed by atoms with Crippen molar-refractivity contribution in [2.24, 2.45) is 0 Å². The Balaban J connectivity index is 2.09. The number of fused-ring (bicyclic) bond motifs is 2. The normalized spacial score (nSPS) is 12.6. The Morgan fingerprint density at radius 2 is 1.76 bits per heavy atom. The predicted molar refractivity (Wildman–Crippen MR) is 113 cm³/mol. The van der Waals surface area contributed by atoms with Gasteiger partial charge in [-0.1, -0.05) is 44.2 Å². The van der Waals surface area contributed by atoms with Crippen LogP contribution in [0, 0.1) is 0 Å². The number of hydrogen-bond acceptors (Lipinski definition) is 5. The van der Waals surface area contributed by atoms with Gasteiger partial charge in [-0.15, -0.1) is 0 Å². The molecule has 0 radical (unpaired) electrons. The molecule has 2 aromatic heterocycles. The van der Waals surface area contributed by atoms with E-state index in [1.807, 2.05) is 51.1 Å². The molecule has 0 N–H and O–H groups in total. The van der Waals surface area contributed by atoms with Crippen LogP contribution in [0.15, 0.2) is 62.5 Å². The van der Waals surface area contributed by atoms with E-state index in [-0.39, 0.29) is 34.0 Å². The van der Waals surface area contributed by atoms with Gasteiger partial charge >= 0.3 is 0 Å². The van der Waals surface area contributed by atoms with Gasteiger partial charge in [0.15, 0.2) is 5.39 Å². The number of hydrogen-bond donors (Lipinski definition) is 0. The minimum absolute atomic E-state index is 0.0325. The summed E-state index contributed by atoms with van der Waals surface area (Å²) in [5, 5.41) is 0.295. The SMILES string of the molecule is COc1ccc2c(=O)c3c(=O)n([C@H](C)c4ccccc4)c(C(C)C)nc3oc2c1. The fourth-order valence-corrected chi connectivity index (χ4v) is 3.60. The van der Waals surface area contributed by atoms with Gasteiger partial charge in [0.05, 0.1) is 18.5 Å². The first-order valence-corrected chi connectivity index (χ1v) is 9.54. The first kappa shape index (κ1) is 18.9. The maximum absolute atomic E-state index is 13.5. The van der Waals surface area contributed by atoms with E-state index in [0.29, 0.717) is 22.5 Å². The number of nitrogens with zero attached hydrogens (tertiary/aromatic N) is 2. The molecule has 2 aromatic carbocycles. The van der Waals surface area contributed by atoms with Crippen LogP contribution < -0.4 is 15.7 Å². The van der Waals surface area contributed by atoms with Gasteiger partial charge in [0.25, 0.3) is 5.56 Å². The van der Waals surface area contributed by atoms with E-state index < -0.39 is 0 Å². The molecule has 0 aliphatic rings. The van der Waals surface area contributed by atoms with Crippen molar-refractivity contribution in [1.29, 1.82) is 0 Å². The molecule has 0 aliphatic heterocycles. The number of ether oxygens (including phenoxy) is 1. The molecule has 29 heavy (non-hydrogen) atoms. The Hall–Kier alpha value is -3.41. The van der Waals surface area contributed by atoms with Crippen LogP contribution in [0.5, 0.6) is 5.75 Å². The monoisotopic (exact) mass is 390 g/mol. The van der Waals surface area contributed by atoms with E-state index in [0.717, 1.165) is 5.56 Å². The molecule has 0 bridgehead atoms. The summed E-state index contributed by atoms with van der Waals surface area (Å²) in [5.41, 5.74) is 0.595. The molecule has 4 aromatic rings. The molecule has 0 unspecified atom stereocenters. The summed E-state index contributed by atoms with van der Waals surface area (Å²) < 4.78 is 12.7. The second-order valence-electron chi connectivity index (χ2n) is 7.36. The highest BCUT2D eigenvalue weighted by atomic mass is 16.5. The van der Waals surface area contributed by atoms with Crippen molar-refractivity contribution in [1.82, 2.24) is 9.55 Å². The molecular weight excluding hydrogens is 368 g/mol. The molecule has 0 spiro atoms. The van der Waals surface area contributed by atoms with E-state index in [4.69, 9.17) is 9.15 Å². The standard InChI is InChI=1S/C23H22N2O4/c1-13(2)21-24-22-19(20(26)17-11-10-16(28-4)12-18(17)29-22)23(27)25(21)14(3)15-8-6-5-7-9-15/h5-14H,1-4H3/t14-/m1/s1. The first-order valence-electron chi connectivity index (χ1n) is 9.54. The van der Waals surface area contributed by atoms with Gasteiger partial charge in [-0.05, 0) is 24.6 Å². The van der Waals surface area contributed by atoms with Crippen molar-refractivity contribution >= 4 is 22.1 Å². The summed E-state index contributed by atoms with van der Waals surface area (Å²) in [6.07, 6.45) is 0. The number of methoxy groups -OCH3 is 1. The maximum Gasteiger partial charge on any atom is 0.269 e. The lowest BCUT2D eigenvalue weighted by atomic mass is 10.1. The fraction of sp³-hybridized carbons (Fsp3) is 0.261. The quantitative estimate of drug-likeness (QED) is 0.487. The second kappa shape index (κ2) is 7.20. The van der Waals surface area contributed by atoms with Crippen LogP contribution in [0.2, 0.25) is 0 Å². The summed E-state index contributed by atoms with van der Waals surface area (Å²) in [5.74, 6) is 1.10. The van der Waals surface area contributed by atoms with Crippen LogP contribution in [0.3, 0.4) is 0 Å². The third kappa shape index (κ3) is 3.10. The largest absolute Gasteiger partial charge is 0.497 e. The summed E-state index contributed by atoms with van der Waals surface area (Å²) in [7, 11) is 1.54. The zero-order chi connectivity index (χ0) is 20.7. The van der Waals surface area contributed by atoms with Crippen LogP contribution >= 0.6 is 0 Å². The van der Waals surface area contributed by atoms with Gasteiger partial charge in [0.1, 0.15) is 17.2 Å². The average molecular weight is 390 g/mol. The fourth-order valence-electron chi connectivity index (χ4n) is 3.60. The summed E-state index contributed by atoms with van der Waals surface area (Å²) in [6.45, 7) is 5.86. The lowest BCUT2D eigenvalue weighted by Crippen LogP contribution is -2.32. The highest BCUT2D eigenvalue weighted by Crippen LogP contribution is 2.25. The predicted octanol–water partition coefficient (Wildman–Crippen LogP) is 4.24. The molecular formula is C23H22N2O4. The maximum atomic E-state index is 13.5. The molecule has 2 heterocycles. The second-order valence-corrected chi connectivity index (χ2v) is 7.36. The van der Waals surface area contributed by atoms with Crippen LogP contribution in [-0.4, -0.2) is 16.7 Å².